The highest BCUT2D eigenvalue weighted by molar-refractivity contribution is 9.10. The molecule has 1 nitrogen and oxygen atoms in total. The van der Waals surface area contributed by atoms with Gasteiger partial charge in [0.1, 0.15) is 0 Å². The molecule has 0 radical (unpaired) electrons. The molecule has 0 aliphatic rings. The fourth-order valence-corrected chi connectivity index (χ4v) is 3.43. The van der Waals surface area contributed by atoms with Crippen molar-refractivity contribution in [2.24, 2.45) is 0 Å². The standard InChI is InChI=1S/C18H30BrN/c1-4-5-6-7-8-9-10-11-12-20-18-16(3)13-15(2)14-17(18)19/h13-14,20H,4-12H2,1-3H3. The van der Waals surface area contributed by atoms with Gasteiger partial charge < -0.3 is 5.32 Å². The van der Waals surface area contributed by atoms with E-state index in [1.807, 2.05) is 0 Å². The first-order valence-electron chi connectivity index (χ1n) is 8.15. The molecule has 0 saturated heterocycles. The molecule has 0 aromatic heterocycles. The fourth-order valence-electron chi connectivity index (χ4n) is 2.61. The average Bonchev–Trinajstić information content (AvgIpc) is 2.39. The molecule has 0 heterocycles. The van der Waals surface area contributed by atoms with E-state index in [0.29, 0.717) is 0 Å². The summed E-state index contributed by atoms with van der Waals surface area (Å²) in [5.41, 5.74) is 3.90. The molecular weight excluding hydrogens is 310 g/mol. The zero-order valence-corrected chi connectivity index (χ0v) is 15.0. The highest BCUT2D eigenvalue weighted by Gasteiger charge is 2.03. The van der Waals surface area contributed by atoms with Gasteiger partial charge in [0.05, 0.1) is 5.69 Å². The minimum Gasteiger partial charge on any atom is -0.384 e. The highest BCUT2D eigenvalue weighted by Crippen LogP contribution is 2.27. The first kappa shape index (κ1) is 17.6. The van der Waals surface area contributed by atoms with Gasteiger partial charge in [-0.1, -0.05) is 57.9 Å². The van der Waals surface area contributed by atoms with Crippen molar-refractivity contribution in [2.75, 3.05) is 11.9 Å². The maximum Gasteiger partial charge on any atom is 0.0514 e. The Morgan fingerprint density at radius 2 is 1.50 bits per heavy atom. The van der Waals surface area contributed by atoms with Crippen molar-refractivity contribution < 1.29 is 0 Å². The van der Waals surface area contributed by atoms with Gasteiger partial charge in [0.25, 0.3) is 0 Å². The zero-order chi connectivity index (χ0) is 14.8. The van der Waals surface area contributed by atoms with Gasteiger partial charge in [0, 0.05) is 11.0 Å². The Morgan fingerprint density at radius 3 is 2.10 bits per heavy atom. The molecule has 0 unspecified atom stereocenters. The molecule has 0 fully saturated rings. The number of anilines is 1. The van der Waals surface area contributed by atoms with Crippen LogP contribution in [0.4, 0.5) is 5.69 Å². The Morgan fingerprint density at radius 1 is 0.900 bits per heavy atom. The first-order valence-corrected chi connectivity index (χ1v) is 8.95. The molecule has 1 N–H and O–H groups in total. The van der Waals surface area contributed by atoms with Crippen LogP contribution in [0.1, 0.15) is 69.4 Å². The van der Waals surface area contributed by atoms with Crippen LogP contribution in [0.25, 0.3) is 0 Å². The van der Waals surface area contributed by atoms with Crippen LogP contribution in [0.3, 0.4) is 0 Å². The van der Waals surface area contributed by atoms with E-state index in [0.717, 1.165) is 6.54 Å². The van der Waals surface area contributed by atoms with Crippen molar-refractivity contribution in [1.29, 1.82) is 0 Å². The number of benzene rings is 1. The van der Waals surface area contributed by atoms with Gasteiger partial charge in [0.2, 0.25) is 0 Å². The summed E-state index contributed by atoms with van der Waals surface area (Å²) in [6.45, 7) is 7.67. The number of nitrogens with one attached hydrogen (secondary N) is 1. The second kappa shape index (κ2) is 10.3. The van der Waals surface area contributed by atoms with Gasteiger partial charge in [-0.2, -0.15) is 0 Å². The quantitative estimate of drug-likeness (QED) is 0.472. The van der Waals surface area contributed by atoms with E-state index < -0.39 is 0 Å². The van der Waals surface area contributed by atoms with Crippen molar-refractivity contribution in [3.05, 3.63) is 27.7 Å². The summed E-state index contributed by atoms with van der Waals surface area (Å²) in [4.78, 5) is 0. The van der Waals surface area contributed by atoms with Crippen LogP contribution in [0.5, 0.6) is 0 Å². The summed E-state index contributed by atoms with van der Waals surface area (Å²) in [7, 11) is 0. The monoisotopic (exact) mass is 339 g/mol. The third kappa shape index (κ3) is 6.78. The Hall–Kier alpha value is -0.500. The van der Waals surface area contributed by atoms with Gasteiger partial charge >= 0.3 is 0 Å². The summed E-state index contributed by atoms with van der Waals surface area (Å²) >= 11 is 3.65. The number of rotatable bonds is 10. The lowest BCUT2D eigenvalue weighted by atomic mass is 10.1. The minimum absolute atomic E-state index is 1.08. The number of unbranched alkanes of at least 4 members (excludes halogenated alkanes) is 7. The van der Waals surface area contributed by atoms with E-state index >= 15 is 0 Å². The molecule has 0 atom stereocenters. The van der Waals surface area contributed by atoms with Crippen molar-refractivity contribution >= 4 is 21.6 Å². The topological polar surface area (TPSA) is 12.0 Å². The zero-order valence-electron chi connectivity index (χ0n) is 13.4. The van der Waals surface area contributed by atoms with Crippen LogP contribution >= 0.6 is 15.9 Å². The molecule has 0 aliphatic carbocycles. The fraction of sp³-hybridized carbons (Fsp3) is 0.667. The van der Waals surface area contributed by atoms with Gasteiger partial charge in [0.15, 0.2) is 0 Å². The molecule has 2 heteroatoms. The van der Waals surface area contributed by atoms with E-state index in [4.69, 9.17) is 0 Å². The Kier molecular flexibility index (Phi) is 9.00. The van der Waals surface area contributed by atoms with Crippen LogP contribution < -0.4 is 5.32 Å². The summed E-state index contributed by atoms with van der Waals surface area (Å²) in [6.07, 6.45) is 11.0. The number of aryl methyl sites for hydroxylation is 2. The highest BCUT2D eigenvalue weighted by atomic mass is 79.9. The second-order valence-corrected chi connectivity index (χ2v) is 6.69. The Balaban J connectivity index is 2.13. The molecule has 0 amide bonds. The summed E-state index contributed by atoms with van der Waals surface area (Å²) < 4.78 is 1.19. The third-order valence-corrected chi connectivity index (χ3v) is 4.39. The van der Waals surface area contributed by atoms with E-state index in [-0.39, 0.29) is 0 Å². The SMILES string of the molecule is CCCCCCCCCCNc1c(C)cc(C)cc1Br. The van der Waals surface area contributed by atoms with Crippen molar-refractivity contribution in [3.8, 4) is 0 Å². The van der Waals surface area contributed by atoms with Crippen LogP contribution in [-0.2, 0) is 0 Å². The number of hydrogen-bond donors (Lipinski definition) is 1. The largest absolute Gasteiger partial charge is 0.384 e. The lowest BCUT2D eigenvalue weighted by Gasteiger charge is -2.12. The van der Waals surface area contributed by atoms with Crippen LogP contribution in [0.15, 0.2) is 16.6 Å². The second-order valence-electron chi connectivity index (χ2n) is 5.84. The molecule has 1 aromatic rings. The molecule has 20 heavy (non-hydrogen) atoms. The summed E-state index contributed by atoms with van der Waals surface area (Å²) in [5, 5.41) is 3.57. The van der Waals surface area contributed by atoms with Crippen LogP contribution in [-0.4, -0.2) is 6.54 Å². The van der Waals surface area contributed by atoms with Crippen molar-refractivity contribution in [3.63, 3.8) is 0 Å². The maximum absolute atomic E-state index is 3.65. The van der Waals surface area contributed by atoms with E-state index in [1.54, 1.807) is 0 Å². The van der Waals surface area contributed by atoms with Gasteiger partial charge in [-0.05, 0) is 53.4 Å². The van der Waals surface area contributed by atoms with Crippen molar-refractivity contribution in [1.82, 2.24) is 0 Å². The Bertz CT molecular complexity index is 364. The van der Waals surface area contributed by atoms with Crippen molar-refractivity contribution in [2.45, 2.75) is 72.1 Å². The molecule has 0 aliphatic heterocycles. The van der Waals surface area contributed by atoms with Gasteiger partial charge in [-0.15, -0.1) is 0 Å². The lowest BCUT2D eigenvalue weighted by molar-refractivity contribution is 0.581. The van der Waals surface area contributed by atoms with Gasteiger partial charge in [-0.3, -0.25) is 0 Å². The van der Waals surface area contributed by atoms with E-state index in [9.17, 15) is 0 Å². The van der Waals surface area contributed by atoms with Crippen LogP contribution in [0, 0.1) is 13.8 Å². The molecule has 1 aromatic carbocycles. The van der Waals surface area contributed by atoms with Crippen LogP contribution in [0.2, 0.25) is 0 Å². The molecular formula is C18H30BrN. The average molecular weight is 340 g/mol. The maximum atomic E-state index is 3.65. The molecule has 1 rings (SSSR count). The lowest BCUT2D eigenvalue weighted by Crippen LogP contribution is -2.04. The van der Waals surface area contributed by atoms with E-state index in [2.05, 4.69) is 54.2 Å². The summed E-state index contributed by atoms with van der Waals surface area (Å²) in [6, 6.07) is 4.42. The normalized spacial score (nSPS) is 10.8. The summed E-state index contributed by atoms with van der Waals surface area (Å²) in [5.74, 6) is 0. The molecule has 0 bridgehead atoms. The number of halogens is 1. The molecule has 0 spiro atoms. The number of hydrogen-bond acceptors (Lipinski definition) is 1. The first-order chi connectivity index (χ1) is 9.65. The smallest absolute Gasteiger partial charge is 0.0514 e. The predicted octanol–water partition coefficient (Wildman–Crippen LogP) is 6.62. The third-order valence-electron chi connectivity index (χ3n) is 3.76. The van der Waals surface area contributed by atoms with E-state index in [1.165, 1.54) is 72.7 Å². The predicted molar refractivity (Wildman–Crippen MR) is 94.7 cm³/mol. The van der Waals surface area contributed by atoms with Gasteiger partial charge in [-0.25, -0.2) is 0 Å². The molecule has 114 valence electrons. The Labute approximate surface area is 133 Å². The molecule has 0 saturated carbocycles. The minimum atomic E-state index is 1.08.